The Bertz CT molecular complexity index is 3040. The Labute approximate surface area is 310 Å². The summed E-state index contributed by atoms with van der Waals surface area (Å²) >= 11 is 1.80. The first-order valence-corrected chi connectivity index (χ1v) is 18.9. The van der Waals surface area contributed by atoms with Crippen molar-refractivity contribution in [1.29, 1.82) is 0 Å². The summed E-state index contributed by atoms with van der Waals surface area (Å²) in [6.07, 6.45) is 0. The second-order valence-electron chi connectivity index (χ2n) is 14.4. The molecular formula is C48H32N4S. The van der Waals surface area contributed by atoms with Gasteiger partial charge in [-0.3, -0.25) is 0 Å². The summed E-state index contributed by atoms with van der Waals surface area (Å²) in [5.74, 6) is 2.01. The van der Waals surface area contributed by atoms with Crippen LogP contribution in [0.5, 0.6) is 0 Å². The topological polar surface area (TPSA) is 43.6 Å². The number of para-hydroxylation sites is 2. The van der Waals surface area contributed by atoms with Crippen LogP contribution in [0.15, 0.2) is 158 Å². The van der Waals surface area contributed by atoms with Crippen molar-refractivity contribution in [1.82, 2.24) is 19.5 Å². The number of hydrogen-bond donors (Lipinski definition) is 0. The lowest BCUT2D eigenvalue weighted by atomic mass is 9.80. The van der Waals surface area contributed by atoms with Gasteiger partial charge in [-0.25, -0.2) is 15.0 Å². The largest absolute Gasteiger partial charge is 0.309 e. The number of hydrogen-bond acceptors (Lipinski definition) is 4. The van der Waals surface area contributed by atoms with Gasteiger partial charge in [-0.15, -0.1) is 11.3 Å². The standard InChI is InChI=1S/C48H32N4S/c1-48(2)39-23-10-6-17-31(39)35-21-14-22-36(43(35)48)46-49-45(29-15-4-3-5-16-29)50-47(51-46)38-28-30(27-37-34-20-9-13-26-42(34)53-44(37)38)52-40-24-11-7-18-32(40)33-19-8-12-25-41(33)52/h3-28H,1-2H3. The molecule has 53 heavy (non-hydrogen) atoms. The molecule has 4 nitrogen and oxygen atoms in total. The van der Waals surface area contributed by atoms with Crippen molar-refractivity contribution in [3.05, 3.63) is 169 Å². The Morgan fingerprint density at radius 2 is 1.06 bits per heavy atom. The van der Waals surface area contributed by atoms with Crippen molar-refractivity contribution in [2.24, 2.45) is 0 Å². The van der Waals surface area contributed by atoms with E-state index in [1.54, 1.807) is 11.3 Å². The van der Waals surface area contributed by atoms with Crippen LogP contribution in [0.3, 0.4) is 0 Å². The molecule has 0 unspecified atom stereocenters. The lowest BCUT2D eigenvalue weighted by Gasteiger charge is -2.24. The number of thiophene rings is 1. The highest BCUT2D eigenvalue weighted by Gasteiger charge is 2.38. The molecule has 0 aliphatic heterocycles. The van der Waals surface area contributed by atoms with Crippen molar-refractivity contribution in [2.45, 2.75) is 19.3 Å². The normalized spacial score (nSPS) is 13.2. The molecule has 250 valence electrons. The molecule has 0 saturated heterocycles. The molecule has 0 bridgehead atoms. The number of aromatic nitrogens is 4. The Morgan fingerprint density at radius 1 is 0.472 bits per heavy atom. The molecule has 0 N–H and O–H groups in total. The number of rotatable bonds is 4. The van der Waals surface area contributed by atoms with E-state index in [1.807, 2.05) is 18.2 Å². The Balaban J connectivity index is 1.23. The van der Waals surface area contributed by atoms with E-state index in [2.05, 4.69) is 158 Å². The first kappa shape index (κ1) is 30.2. The third-order valence-electron chi connectivity index (χ3n) is 11.0. The van der Waals surface area contributed by atoms with Gasteiger partial charge in [0.05, 0.1) is 11.0 Å². The second-order valence-corrected chi connectivity index (χ2v) is 15.5. The maximum absolute atomic E-state index is 5.45. The van der Waals surface area contributed by atoms with Gasteiger partial charge in [0.1, 0.15) is 0 Å². The van der Waals surface area contributed by atoms with Crippen LogP contribution < -0.4 is 0 Å². The van der Waals surface area contributed by atoms with Gasteiger partial charge in [0.2, 0.25) is 0 Å². The van der Waals surface area contributed by atoms with Gasteiger partial charge >= 0.3 is 0 Å². The van der Waals surface area contributed by atoms with E-state index >= 15 is 0 Å². The van der Waals surface area contributed by atoms with Crippen molar-refractivity contribution >= 4 is 53.3 Å². The monoisotopic (exact) mass is 696 g/mol. The van der Waals surface area contributed by atoms with Gasteiger partial charge in [-0.2, -0.15) is 0 Å². The fourth-order valence-electron chi connectivity index (χ4n) is 8.67. The lowest BCUT2D eigenvalue weighted by molar-refractivity contribution is 0.661. The summed E-state index contributed by atoms with van der Waals surface area (Å²) in [4.78, 5) is 16.0. The van der Waals surface area contributed by atoms with Crippen LogP contribution in [-0.2, 0) is 5.41 Å². The summed E-state index contributed by atoms with van der Waals surface area (Å²) in [5, 5.41) is 4.89. The molecule has 5 heteroatoms. The third-order valence-corrected chi connectivity index (χ3v) is 12.3. The number of fused-ring (bicyclic) bond motifs is 9. The minimum atomic E-state index is -0.225. The molecule has 0 amide bonds. The SMILES string of the molecule is CC1(C)c2ccccc2-c2cccc(-c3nc(-c4ccccc4)nc(-c4cc(-n5c6ccccc6c6ccccc65)cc5c4sc4ccccc45)n3)c21. The van der Waals surface area contributed by atoms with Crippen LogP contribution in [0.2, 0.25) is 0 Å². The summed E-state index contributed by atoms with van der Waals surface area (Å²) in [7, 11) is 0. The molecule has 0 radical (unpaired) electrons. The minimum absolute atomic E-state index is 0.225. The lowest BCUT2D eigenvalue weighted by Crippen LogP contribution is -2.17. The van der Waals surface area contributed by atoms with Crippen LogP contribution in [-0.4, -0.2) is 19.5 Å². The summed E-state index contributed by atoms with van der Waals surface area (Å²) < 4.78 is 4.79. The molecule has 3 aromatic heterocycles. The highest BCUT2D eigenvalue weighted by Crippen LogP contribution is 2.52. The maximum Gasteiger partial charge on any atom is 0.165 e. The van der Waals surface area contributed by atoms with Crippen molar-refractivity contribution < 1.29 is 0 Å². The van der Waals surface area contributed by atoms with Crippen LogP contribution in [0, 0.1) is 0 Å². The fourth-order valence-corrected chi connectivity index (χ4v) is 9.87. The zero-order valence-electron chi connectivity index (χ0n) is 29.2. The molecule has 11 rings (SSSR count). The van der Waals surface area contributed by atoms with E-state index in [9.17, 15) is 0 Å². The number of nitrogens with zero attached hydrogens (tertiary/aromatic N) is 4. The van der Waals surface area contributed by atoms with E-state index in [0.717, 1.165) is 27.1 Å². The predicted octanol–water partition coefficient (Wildman–Crippen LogP) is 12.6. The summed E-state index contributed by atoms with van der Waals surface area (Å²) in [6, 6.07) is 56.3. The summed E-state index contributed by atoms with van der Waals surface area (Å²) in [6.45, 7) is 4.63. The Morgan fingerprint density at radius 3 is 1.83 bits per heavy atom. The maximum atomic E-state index is 5.45. The molecule has 1 aliphatic rings. The van der Waals surface area contributed by atoms with Crippen molar-refractivity contribution in [3.63, 3.8) is 0 Å². The quantitative estimate of drug-likeness (QED) is 0.184. The molecular weight excluding hydrogens is 665 g/mol. The van der Waals surface area contributed by atoms with Crippen LogP contribution in [0.4, 0.5) is 0 Å². The van der Waals surface area contributed by atoms with Gasteiger partial charge in [0, 0.05) is 58.7 Å². The van der Waals surface area contributed by atoms with E-state index < -0.39 is 0 Å². The molecule has 10 aromatic rings. The molecule has 0 atom stereocenters. The molecule has 1 aliphatic carbocycles. The molecule has 0 fully saturated rings. The molecule has 0 spiro atoms. The minimum Gasteiger partial charge on any atom is -0.309 e. The van der Waals surface area contributed by atoms with Gasteiger partial charge < -0.3 is 4.57 Å². The zero-order valence-corrected chi connectivity index (χ0v) is 30.0. The van der Waals surface area contributed by atoms with E-state index in [0.29, 0.717) is 17.5 Å². The third kappa shape index (κ3) is 4.44. The second kappa shape index (κ2) is 11.3. The van der Waals surface area contributed by atoms with E-state index in [1.165, 1.54) is 59.5 Å². The Kier molecular flexibility index (Phi) is 6.43. The first-order valence-electron chi connectivity index (χ1n) is 18.0. The highest BCUT2D eigenvalue weighted by molar-refractivity contribution is 7.26. The molecule has 7 aromatic carbocycles. The number of benzene rings is 7. The zero-order chi connectivity index (χ0) is 35.3. The van der Waals surface area contributed by atoms with E-state index in [-0.39, 0.29) is 5.41 Å². The van der Waals surface area contributed by atoms with Crippen LogP contribution in [0.1, 0.15) is 25.0 Å². The molecule has 0 saturated carbocycles. The fraction of sp³-hybridized carbons (Fsp3) is 0.0625. The molecule has 3 heterocycles. The van der Waals surface area contributed by atoms with Gasteiger partial charge in [0.15, 0.2) is 17.5 Å². The predicted molar refractivity (Wildman–Crippen MR) is 221 cm³/mol. The van der Waals surface area contributed by atoms with Gasteiger partial charge in [-0.1, -0.05) is 141 Å². The smallest absolute Gasteiger partial charge is 0.165 e. The van der Waals surface area contributed by atoms with Crippen molar-refractivity contribution in [2.75, 3.05) is 0 Å². The highest BCUT2D eigenvalue weighted by atomic mass is 32.1. The van der Waals surface area contributed by atoms with E-state index in [4.69, 9.17) is 15.0 Å². The van der Waals surface area contributed by atoms with Crippen LogP contribution >= 0.6 is 11.3 Å². The van der Waals surface area contributed by atoms with Crippen molar-refractivity contribution in [3.8, 4) is 51.0 Å². The summed E-state index contributed by atoms with van der Waals surface area (Å²) in [5.41, 5.74) is 11.3. The van der Waals surface area contributed by atoms with Gasteiger partial charge in [0.25, 0.3) is 0 Å². The Hall–Kier alpha value is -6.43. The average molecular weight is 697 g/mol. The van der Waals surface area contributed by atoms with Crippen LogP contribution in [0.25, 0.3) is 93.0 Å². The average Bonchev–Trinajstić information content (AvgIpc) is 3.83. The van der Waals surface area contributed by atoms with Gasteiger partial charge in [-0.05, 0) is 52.6 Å². The first-order chi connectivity index (χ1) is 26.0.